The Morgan fingerprint density at radius 3 is 2.48 bits per heavy atom. The van der Waals surface area contributed by atoms with Gasteiger partial charge in [-0.3, -0.25) is 0 Å². The second-order valence-corrected chi connectivity index (χ2v) is 5.14. The highest BCUT2D eigenvalue weighted by Crippen LogP contribution is 2.17. The average Bonchev–Trinajstić information content (AvgIpc) is 3.30. The number of hydrogen-bond donors (Lipinski definition) is 1. The van der Waals surface area contributed by atoms with Gasteiger partial charge in [-0.05, 0) is 25.0 Å². The summed E-state index contributed by atoms with van der Waals surface area (Å²) in [7, 11) is 0. The van der Waals surface area contributed by atoms with Crippen molar-refractivity contribution in [1.29, 1.82) is 0 Å². The molecule has 0 spiro atoms. The van der Waals surface area contributed by atoms with Gasteiger partial charge in [-0.1, -0.05) is 31.4 Å². The van der Waals surface area contributed by atoms with Crippen molar-refractivity contribution in [2.24, 2.45) is 0 Å². The lowest BCUT2D eigenvalue weighted by Gasteiger charge is -2.07. The molecule has 114 valence electrons. The molecule has 1 aliphatic heterocycles. The van der Waals surface area contributed by atoms with Crippen LogP contribution >= 0.6 is 0 Å². The van der Waals surface area contributed by atoms with E-state index in [0.717, 1.165) is 38.7 Å². The van der Waals surface area contributed by atoms with Crippen LogP contribution in [0.25, 0.3) is 0 Å². The van der Waals surface area contributed by atoms with E-state index in [0.29, 0.717) is 12.7 Å². The molecule has 1 aromatic rings. The Kier molecular flexibility index (Phi) is 5.75. The monoisotopic (exact) mass is 292 g/mol. The van der Waals surface area contributed by atoms with E-state index in [1.165, 1.54) is 12.1 Å². The van der Waals surface area contributed by atoms with Crippen molar-refractivity contribution in [1.82, 2.24) is 0 Å². The maximum absolute atomic E-state index is 11.9. The molecule has 1 fully saturated rings. The maximum atomic E-state index is 11.9. The van der Waals surface area contributed by atoms with Gasteiger partial charge in [-0.25, -0.2) is 9.59 Å². The van der Waals surface area contributed by atoms with E-state index >= 15 is 0 Å². The van der Waals surface area contributed by atoms with Crippen LogP contribution in [0.4, 0.5) is 0 Å². The number of aromatic carboxylic acids is 1. The van der Waals surface area contributed by atoms with Crippen LogP contribution in [0, 0.1) is 0 Å². The Morgan fingerprint density at radius 2 is 1.81 bits per heavy atom. The first-order valence-corrected chi connectivity index (χ1v) is 7.29. The summed E-state index contributed by atoms with van der Waals surface area (Å²) in [6.07, 6.45) is 5.64. The maximum Gasteiger partial charge on any atom is 0.339 e. The second-order valence-electron chi connectivity index (χ2n) is 5.14. The van der Waals surface area contributed by atoms with Gasteiger partial charge in [0.1, 0.15) is 0 Å². The molecule has 0 radical (unpaired) electrons. The summed E-state index contributed by atoms with van der Waals surface area (Å²) >= 11 is 0. The van der Waals surface area contributed by atoms with Crippen LogP contribution in [0.2, 0.25) is 0 Å². The predicted molar refractivity (Wildman–Crippen MR) is 76.5 cm³/mol. The average molecular weight is 292 g/mol. The molecule has 0 amide bonds. The highest BCUT2D eigenvalue weighted by Gasteiger charge is 2.21. The van der Waals surface area contributed by atoms with Gasteiger partial charge in [0, 0.05) is 0 Å². The van der Waals surface area contributed by atoms with Gasteiger partial charge in [0.05, 0.1) is 30.4 Å². The zero-order chi connectivity index (χ0) is 15.1. The fraction of sp³-hybridized carbons (Fsp3) is 0.500. The second kappa shape index (κ2) is 7.78. The van der Waals surface area contributed by atoms with E-state index in [1.807, 2.05) is 0 Å². The van der Waals surface area contributed by atoms with E-state index in [9.17, 15) is 9.59 Å². The zero-order valence-electron chi connectivity index (χ0n) is 11.9. The number of unbranched alkanes of at least 4 members (excludes halogenated alkanes) is 3. The highest BCUT2D eigenvalue weighted by molar-refractivity contribution is 6.02. The first-order valence-electron chi connectivity index (χ1n) is 7.29. The Hall–Kier alpha value is -1.88. The van der Waals surface area contributed by atoms with Gasteiger partial charge in [-0.15, -0.1) is 0 Å². The molecule has 5 nitrogen and oxygen atoms in total. The van der Waals surface area contributed by atoms with Gasteiger partial charge in [-0.2, -0.15) is 0 Å². The molecule has 0 aromatic heterocycles. The summed E-state index contributed by atoms with van der Waals surface area (Å²) in [6.45, 7) is 1.23. The largest absolute Gasteiger partial charge is 0.478 e. The van der Waals surface area contributed by atoms with Gasteiger partial charge in [0.25, 0.3) is 0 Å². The van der Waals surface area contributed by atoms with Crippen LogP contribution in [-0.4, -0.2) is 36.4 Å². The molecule has 0 aliphatic carbocycles. The number of benzene rings is 1. The van der Waals surface area contributed by atoms with Crippen molar-refractivity contribution in [3.05, 3.63) is 35.4 Å². The third kappa shape index (κ3) is 5.19. The smallest absolute Gasteiger partial charge is 0.339 e. The van der Waals surface area contributed by atoms with Crippen molar-refractivity contribution < 1.29 is 24.2 Å². The number of carboxylic acids is 1. The Bertz CT molecular complexity index is 493. The number of epoxide rings is 1. The molecule has 1 atom stereocenters. The number of carbonyl (C=O) groups is 2. The summed E-state index contributed by atoms with van der Waals surface area (Å²) < 4.78 is 10.3. The Balaban J connectivity index is 1.65. The molecular formula is C16H20O5. The third-order valence-corrected chi connectivity index (χ3v) is 3.43. The third-order valence-electron chi connectivity index (χ3n) is 3.43. The van der Waals surface area contributed by atoms with Crippen molar-refractivity contribution in [2.75, 3.05) is 13.2 Å². The molecule has 2 rings (SSSR count). The number of rotatable bonds is 9. The molecular weight excluding hydrogens is 272 g/mol. The van der Waals surface area contributed by atoms with Crippen LogP contribution in [0.1, 0.15) is 52.8 Å². The minimum Gasteiger partial charge on any atom is -0.478 e. The van der Waals surface area contributed by atoms with Crippen molar-refractivity contribution in [3.63, 3.8) is 0 Å². The van der Waals surface area contributed by atoms with E-state index in [4.69, 9.17) is 14.6 Å². The quantitative estimate of drug-likeness (QED) is 0.430. The zero-order valence-corrected chi connectivity index (χ0v) is 11.9. The molecule has 0 saturated carbocycles. The van der Waals surface area contributed by atoms with Gasteiger partial charge in [0.2, 0.25) is 0 Å². The van der Waals surface area contributed by atoms with E-state index in [-0.39, 0.29) is 11.1 Å². The van der Waals surface area contributed by atoms with Crippen LogP contribution in [0.15, 0.2) is 24.3 Å². The van der Waals surface area contributed by atoms with E-state index < -0.39 is 11.9 Å². The summed E-state index contributed by atoms with van der Waals surface area (Å²) in [5, 5.41) is 9.02. The molecule has 1 aliphatic rings. The first kappa shape index (κ1) is 15.5. The van der Waals surface area contributed by atoms with Crippen molar-refractivity contribution in [2.45, 2.75) is 38.2 Å². The summed E-state index contributed by atoms with van der Waals surface area (Å²) in [5.41, 5.74) is 0.0859. The molecule has 1 unspecified atom stereocenters. The summed E-state index contributed by atoms with van der Waals surface area (Å²) in [4.78, 5) is 22.9. The molecule has 1 saturated heterocycles. The number of esters is 1. The lowest BCUT2D eigenvalue weighted by Crippen LogP contribution is -2.12. The highest BCUT2D eigenvalue weighted by atomic mass is 16.6. The summed E-state index contributed by atoms with van der Waals surface area (Å²) in [5.74, 6) is -1.69. The Labute approximate surface area is 123 Å². The van der Waals surface area contributed by atoms with Crippen LogP contribution in [0.5, 0.6) is 0 Å². The van der Waals surface area contributed by atoms with Gasteiger partial charge >= 0.3 is 11.9 Å². The first-order chi connectivity index (χ1) is 10.2. The number of ether oxygens (including phenoxy) is 2. The van der Waals surface area contributed by atoms with Crippen LogP contribution in [-0.2, 0) is 9.47 Å². The fourth-order valence-electron chi connectivity index (χ4n) is 2.15. The van der Waals surface area contributed by atoms with E-state index in [2.05, 4.69) is 0 Å². The SMILES string of the molecule is O=C(O)c1ccccc1C(=O)OCCCCCCC1CO1. The van der Waals surface area contributed by atoms with Crippen molar-refractivity contribution >= 4 is 11.9 Å². The molecule has 1 N–H and O–H groups in total. The normalized spacial score (nSPS) is 16.5. The van der Waals surface area contributed by atoms with Crippen molar-refractivity contribution in [3.8, 4) is 0 Å². The lowest BCUT2D eigenvalue weighted by atomic mass is 10.1. The minimum absolute atomic E-state index is 0.0214. The molecule has 5 heteroatoms. The minimum atomic E-state index is -1.12. The molecule has 0 bridgehead atoms. The lowest BCUT2D eigenvalue weighted by molar-refractivity contribution is 0.0487. The standard InChI is InChI=1S/C16H20O5/c17-15(18)13-8-4-5-9-14(13)16(19)20-10-6-2-1-3-7-12-11-21-12/h4-5,8-9,12H,1-3,6-7,10-11H2,(H,17,18). The van der Waals surface area contributed by atoms with Gasteiger partial charge < -0.3 is 14.6 Å². The fourth-order valence-corrected chi connectivity index (χ4v) is 2.15. The molecule has 1 heterocycles. The Morgan fingerprint density at radius 1 is 1.14 bits per heavy atom. The molecule has 1 aromatic carbocycles. The number of hydrogen-bond acceptors (Lipinski definition) is 4. The number of carbonyl (C=O) groups excluding carboxylic acids is 1. The predicted octanol–water partition coefficient (Wildman–Crippen LogP) is 2.89. The molecule has 21 heavy (non-hydrogen) atoms. The van der Waals surface area contributed by atoms with Gasteiger partial charge in [0.15, 0.2) is 0 Å². The van der Waals surface area contributed by atoms with Crippen LogP contribution in [0.3, 0.4) is 0 Å². The summed E-state index contributed by atoms with van der Waals surface area (Å²) in [6, 6.07) is 6.09. The van der Waals surface area contributed by atoms with Crippen LogP contribution < -0.4 is 0 Å². The van der Waals surface area contributed by atoms with E-state index in [1.54, 1.807) is 12.1 Å². The topological polar surface area (TPSA) is 76.1 Å². The number of carboxylic acid groups (broad SMARTS) is 1.